The van der Waals surface area contributed by atoms with Crippen LogP contribution in [0.4, 0.5) is 5.82 Å². The Morgan fingerprint density at radius 1 is 1.14 bits per heavy atom. The lowest BCUT2D eigenvalue weighted by Crippen LogP contribution is -2.13. The van der Waals surface area contributed by atoms with Crippen LogP contribution in [0.25, 0.3) is 0 Å². The molecule has 6 nitrogen and oxygen atoms in total. The predicted molar refractivity (Wildman–Crippen MR) is 115 cm³/mol. The molecule has 0 atom stereocenters. The molecule has 0 aliphatic carbocycles. The minimum absolute atomic E-state index is 0.223. The fraction of sp³-hybridized carbons (Fsp3) is 0.348. The summed E-state index contributed by atoms with van der Waals surface area (Å²) in [6, 6.07) is 11.6. The Bertz CT molecular complexity index is 991. The predicted octanol–water partition coefficient (Wildman–Crippen LogP) is 4.54. The molecular formula is C23H28N4O2. The number of aromatic nitrogens is 3. The zero-order valence-electron chi connectivity index (χ0n) is 17.7. The van der Waals surface area contributed by atoms with Crippen LogP contribution in [-0.2, 0) is 6.54 Å². The van der Waals surface area contributed by atoms with Gasteiger partial charge in [-0.2, -0.15) is 5.10 Å². The van der Waals surface area contributed by atoms with Crippen LogP contribution in [0.1, 0.15) is 46.7 Å². The Balaban J connectivity index is 1.76. The van der Waals surface area contributed by atoms with E-state index in [1.165, 1.54) is 5.56 Å². The van der Waals surface area contributed by atoms with Crippen LogP contribution in [0.15, 0.2) is 42.6 Å². The van der Waals surface area contributed by atoms with Gasteiger partial charge in [-0.1, -0.05) is 31.5 Å². The summed E-state index contributed by atoms with van der Waals surface area (Å²) in [5, 5.41) is 7.41. The fourth-order valence-electron chi connectivity index (χ4n) is 2.91. The maximum absolute atomic E-state index is 12.4. The van der Waals surface area contributed by atoms with Crippen molar-refractivity contribution in [3.63, 3.8) is 0 Å². The summed E-state index contributed by atoms with van der Waals surface area (Å²) in [5.74, 6) is 1.62. The molecule has 0 fully saturated rings. The second-order valence-electron chi connectivity index (χ2n) is 7.79. The summed E-state index contributed by atoms with van der Waals surface area (Å²) in [6.07, 6.45) is 1.57. The summed E-state index contributed by atoms with van der Waals surface area (Å²) in [4.78, 5) is 16.6. The molecule has 0 unspecified atom stereocenters. The molecule has 0 saturated heterocycles. The number of ether oxygens (including phenoxy) is 1. The number of benzene rings is 1. The quantitative estimate of drug-likeness (QED) is 0.641. The average molecular weight is 393 g/mol. The van der Waals surface area contributed by atoms with E-state index in [-0.39, 0.29) is 5.91 Å². The van der Waals surface area contributed by atoms with Gasteiger partial charge in [-0.05, 0) is 44.9 Å². The average Bonchev–Trinajstić information content (AvgIpc) is 3.00. The van der Waals surface area contributed by atoms with Crippen LogP contribution in [0, 0.1) is 26.7 Å². The number of rotatable bonds is 7. The minimum Gasteiger partial charge on any atom is -0.493 e. The summed E-state index contributed by atoms with van der Waals surface area (Å²) >= 11 is 0. The van der Waals surface area contributed by atoms with Crippen LogP contribution in [0.5, 0.6) is 5.75 Å². The molecule has 152 valence electrons. The number of amides is 1. The number of pyridine rings is 1. The number of aryl methyl sites for hydroxylation is 3. The number of nitrogens with zero attached hydrogens (tertiary/aromatic N) is 3. The van der Waals surface area contributed by atoms with E-state index in [4.69, 9.17) is 4.74 Å². The molecule has 0 aliphatic rings. The molecule has 2 aromatic heterocycles. The van der Waals surface area contributed by atoms with Gasteiger partial charge in [0.1, 0.15) is 5.75 Å². The standard InChI is InChI=1S/C23H28N4O2/c1-15(2)14-29-21-9-6-16(3)10-20(21)13-27-18(5)11-22(26-27)25-23(28)19-8-7-17(4)24-12-19/h6-12,15H,13-14H2,1-5H3,(H,25,26,28). The van der Waals surface area contributed by atoms with Crippen LogP contribution in [0.3, 0.4) is 0 Å². The van der Waals surface area contributed by atoms with Gasteiger partial charge in [-0.3, -0.25) is 14.5 Å². The number of hydrogen-bond donors (Lipinski definition) is 1. The van der Waals surface area contributed by atoms with Gasteiger partial charge in [0, 0.05) is 29.2 Å². The topological polar surface area (TPSA) is 69.0 Å². The lowest BCUT2D eigenvalue weighted by molar-refractivity contribution is 0.102. The molecule has 0 spiro atoms. The zero-order valence-corrected chi connectivity index (χ0v) is 17.7. The highest BCUT2D eigenvalue weighted by Gasteiger charge is 2.13. The van der Waals surface area contributed by atoms with E-state index in [2.05, 4.69) is 48.3 Å². The van der Waals surface area contributed by atoms with Gasteiger partial charge in [0.2, 0.25) is 0 Å². The molecular weight excluding hydrogens is 364 g/mol. The SMILES string of the molecule is Cc1ccc(OCC(C)C)c(Cn2nc(NC(=O)c3ccc(C)nc3)cc2C)c1. The Morgan fingerprint density at radius 3 is 2.62 bits per heavy atom. The van der Waals surface area contributed by atoms with Gasteiger partial charge in [0.05, 0.1) is 18.7 Å². The van der Waals surface area contributed by atoms with Crippen molar-refractivity contribution >= 4 is 11.7 Å². The number of nitrogens with one attached hydrogen (secondary N) is 1. The molecule has 3 aromatic rings. The number of carbonyl (C=O) groups is 1. The van der Waals surface area contributed by atoms with Crippen LogP contribution >= 0.6 is 0 Å². The zero-order chi connectivity index (χ0) is 21.0. The van der Waals surface area contributed by atoms with Crippen molar-refractivity contribution in [3.05, 3.63) is 70.7 Å². The highest BCUT2D eigenvalue weighted by molar-refractivity contribution is 6.03. The van der Waals surface area contributed by atoms with Gasteiger partial charge in [0.15, 0.2) is 5.82 Å². The maximum Gasteiger partial charge on any atom is 0.258 e. The van der Waals surface area contributed by atoms with Crippen molar-refractivity contribution in [2.24, 2.45) is 5.92 Å². The first kappa shape index (κ1) is 20.6. The monoisotopic (exact) mass is 392 g/mol. The van der Waals surface area contributed by atoms with Gasteiger partial charge in [-0.25, -0.2) is 0 Å². The molecule has 0 bridgehead atoms. The first-order valence-corrected chi connectivity index (χ1v) is 9.82. The molecule has 0 radical (unpaired) electrons. The van der Waals surface area contributed by atoms with Crippen molar-refractivity contribution in [3.8, 4) is 5.75 Å². The summed E-state index contributed by atoms with van der Waals surface area (Å²) < 4.78 is 7.86. The Morgan fingerprint density at radius 2 is 1.93 bits per heavy atom. The molecule has 6 heteroatoms. The van der Waals surface area contributed by atoms with E-state index in [0.717, 1.165) is 22.7 Å². The third-order valence-corrected chi connectivity index (χ3v) is 4.50. The van der Waals surface area contributed by atoms with Crippen molar-refractivity contribution < 1.29 is 9.53 Å². The lowest BCUT2D eigenvalue weighted by atomic mass is 10.1. The molecule has 0 aliphatic heterocycles. The minimum atomic E-state index is -0.223. The molecule has 2 heterocycles. The highest BCUT2D eigenvalue weighted by Crippen LogP contribution is 2.23. The van der Waals surface area contributed by atoms with Crippen LogP contribution < -0.4 is 10.1 Å². The van der Waals surface area contributed by atoms with E-state index in [1.54, 1.807) is 12.3 Å². The van der Waals surface area contributed by atoms with E-state index in [9.17, 15) is 4.79 Å². The summed E-state index contributed by atoms with van der Waals surface area (Å²) in [7, 11) is 0. The lowest BCUT2D eigenvalue weighted by Gasteiger charge is -2.14. The number of carbonyl (C=O) groups excluding carboxylic acids is 1. The highest BCUT2D eigenvalue weighted by atomic mass is 16.5. The maximum atomic E-state index is 12.4. The van der Waals surface area contributed by atoms with Crippen LogP contribution in [0.2, 0.25) is 0 Å². The van der Waals surface area contributed by atoms with Crippen molar-refractivity contribution in [1.82, 2.24) is 14.8 Å². The third kappa shape index (κ3) is 5.44. The molecule has 0 saturated carbocycles. The number of hydrogen-bond acceptors (Lipinski definition) is 4. The molecule has 3 rings (SSSR count). The van der Waals surface area contributed by atoms with Gasteiger partial charge >= 0.3 is 0 Å². The second-order valence-corrected chi connectivity index (χ2v) is 7.79. The summed E-state index contributed by atoms with van der Waals surface area (Å²) in [6.45, 7) is 11.4. The Hall–Kier alpha value is -3.15. The first-order valence-electron chi connectivity index (χ1n) is 9.82. The first-order chi connectivity index (χ1) is 13.8. The fourth-order valence-corrected chi connectivity index (χ4v) is 2.91. The van der Waals surface area contributed by atoms with Crippen LogP contribution in [-0.4, -0.2) is 27.3 Å². The normalized spacial score (nSPS) is 11.0. The van der Waals surface area contributed by atoms with E-state index in [1.807, 2.05) is 36.7 Å². The molecule has 29 heavy (non-hydrogen) atoms. The second kappa shape index (κ2) is 8.90. The molecule has 1 aromatic carbocycles. The van der Waals surface area contributed by atoms with E-state index in [0.29, 0.717) is 30.5 Å². The molecule has 1 N–H and O–H groups in total. The van der Waals surface area contributed by atoms with E-state index >= 15 is 0 Å². The van der Waals surface area contributed by atoms with Crippen molar-refractivity contribution in [2.45, 2.75) is 41.2 Å². The van der Waals surface area contributed by atoms with Crippen molar-refractivity contribution in [1.29, 1.82) is 0 Å². The van der Waals surface area contributed by atoms with Gasteiger partial charge in [-0.15, -0.1) is 0 Å². The Labute approximate surface area is 171 Å². The van der Waals surface area contributed by atoms with Gasteiger partial charge < -0.3 is 10.1 Å². The Kier molecular flexibility index (Phi) is 6.32. The van der Waals surface area contributed by atoms with Gasteiger partial charge in [0.25, 0.3) is 5.91 Å². The van der Waals surface area contributed by atoms with E-state index < -0.39 is 0 Å². The third-order valence-electron chi connectivity index (χ3n) is 4.50. The van der Waals surface area contributed by atoms with Crippen molar-refractivity contribution in [2.75, 3.05) is 11.9 Å². The smallest absolute Gasteiger partial charge is 0.258 e. The number of anilines is 1. The largest absolute Gasteiger partial charge is 0.493 e. The summed E-state index contributed by atoms with van der Waals surface area (Å²) in [5.41, 5.74) is 4.57. The molecule has 1 amide bonds.